The molecule has 1 heterocycles. The maximum absolute atomic E-state index is 10.0. The summed E-state index contributed by atoms with van der Waals surface area (Å²) in [6, 6.07) is 1.49. The number of benzene rings is 1. The molecular formula is C13H19NO3. The Hall–Kier alpha value is -1.42. The third-order valence-corrected chi connectivity index (χ3v) is 3.18. The Balaban J connectivity index is 2.53. The van der Waals surface area contributed by atoms with Crippen molar-refractivity contribution >= 4 is 0 Å². The van der Waals surface area contributed by atoms with Crippen LogP contribution in [0.5, 0.6) is 17.2 Å². The molecule has 1 aromatic rings. The number of nitrogens with one attached hydrogen (secondary N) is 1. The fraction of sp³-hybridized carbons (Fsp3) is 0.538. The van der Waals surface area contributed by atoms with E-state index in [0.717, 1.165) is 24.9 Å². The molecule has 2 rings (SSSR count). The van der Waals surface area contributed by atoms with Crippen molar-refractivity contribution in [2.45, 2.75) is 32.7 Å². The highest BCUT2D eigenvalue weighted by molar-refractivity contribution is 5.57. The van der Waals surface area contributed by atoms with Crippen LogP contribution in [-0.4, -0.2) is 23.4 Å². The van der Waals surface area contributed by atoms with Gasteiger partial charge in [-0.2, -0.15) is 0 Å². The molecule has 4 heteroatoms. The first-order chi connectivity index (χ1) is 8.15. The quantitative estimate of drug-likeness (QED) is 0.738. The zero-order valence-corrected chi connectivity index (χ0v) is 10.3. The van der Waals surface area contributed by atoms with Crippen molar-refractivity contribution in [3.05, 3.63) is 17.2 Å². The second-order valence-electron chi connectivity index (χ2n) is 4.43. The fourth-order valence-electron chi connectivity index (χ4n) is 2.30. The van der Waals surface area contributed by atoms with Crippen LogP contribution in [0.3, 0.4) is 0 Å². The number of hydrogen-bond acceptors (Lipinski definition) is 4. The molecular weight excluding hydrogens is 218 g/mol. The van der Waals surface area contributed by atoms with E-state index < -0.39 is 0 Å². The molecule has 1 aliphatic rings. The van der Waals surface area contributed by atoms with Gasteiger partial charge in [0.15, 0.2) is 0 Å². The Morgan fingerprint density at radius 2 is 2.18 bits per heavy atom. The maximum atomic E-state index is 10.0. The first-order valence-corrected chi connectivity index (χ1v) is 6.06. The van der Waals surface area contributed by atoms with Gasteiger partial charge in [-0.25, -0.2) is 0 Å². The molecule has 0 radical (unpaired) electrons. The van der Waals surface area contributed by atoms with Crippen molar-refractivity contribution in [1.29, 1.82) is 0 Å². The highest BCUT2D eigenvalue weighted by Crippen LogP contribution is 2.43. The molecule has 4 nitrogen and oxygen atoms in total. The minimum absolute atomic E-state index is 0.0819. The molecule has 0 bridgehead atoms. The van der Waals surface area contributed by atoms with E-state index in [1.165, 1.54) is 6.07 Å². The van der Waals surface area contributed by atoms with Gasteiger partial charge < -0.3 is 20.3 Å². The Bertz CT molecular complexity index is 418. The zero-order chi connectivity index (χ0) is 12.4. The average molecular weight is 237 g/mol. The summed E-state index contributed by atoms with van der Waals surface area (Å²) in [6.07, 6.45) is 1.96. The van der Waals surface area contributed by atoms with Gasteiger partial charge >= 0.3 is 0 Å². The summed E-state index contributed by atoms with van der Waals surface area (Å²) in [4.78, 5) is 0. The molecule has 1 unspecified atom stereocenters. The molecule has 3 N–H and O–H groups in total. The lowest BCUT2D eigenvalue weighted by Gasteiger charge is -2.19. The summed E-state index contributed by atoms with van der Waals surface area (Å²) in [5, 5.41) is 23.1. The molecule has 1 atom stereocenters. The van der Waals surface area contributed by atoms with E-state index in [9.17, 15) is 10.2 Å². The van der Waals surface area contributed by atoms with E-state index in [1.54, 1.807) is 0 Å². The van der Waals surface area contributed by atoms with Gasteiger partial charge in [0.25, 0.3) is 0 Å². The van der Waals surface area contributed by atoms with Crippen LogP contribution in [0.2, 0.25) is 0 Å². The summed E-state index contributed by atoms with van der Waals surface area (Å²) in [5.41, 5.74) is 1.47. The third-order valence-electron chi connectivity index (χ3n) is 3.18. The molecule has 1 aliphatic heterocycles. The lowest BCUT2D eigenvalue weighted by molar-refractivity contribution is 0.318. The van der Waals surface area contributed by atoms with E-state index in [4.69, 9.17) is 4.74 Å². The molecule has 0 fully saturated rings. The van der Waals surface area contributed by atoms with E-state index in [1.807, 2.05) is 6.92 Å². The van der Waals surface area contributed by atoms with Gasteiger partial charge in [-0.15, -0.1) is 0 Å². The summed E-state index contributed by atoms with van der Waals surface area (Å²) in [7, 11) is 0. The number of hydrogen-bond donors (Lipinski definition) is 3. The summed E-state index contributed by atoms with van der Waals surface area (Å²) in [6.45, 7) is 5.22. The van der Waals surface area contributed by atoms with Crippen molar-refractivity contribution in [2.24, 2.45) is 0 Å². The maximum Gasteiger partial charge on any atom is 0.134 e. The topological polar surface area (TPSA) is 61.7 Å². The van der Waals surface area contributed by atoms with Gasteiger partial charge in [0.05, 0.1) is 5.56 Å². The molecule has 0 aromatic heterocycles. The molecule has 17 heavy (non-hydrogen) atoms. The van der Waals surface area contributed by atoms with Crippen LogP contribution in [0.4, 0.5) is 0 Å². The summed E-state index contributed by atoms with van der Waals surface area (Å²) >= 11 is 0. The highest BCUT2D eigenvalue weighted by atomic mass is 16.5. The van der Waals surface area contributed by atoms with Crippen molar-refractivity contribution in [3.63, 3.8) is 0 Å². The molecule has 0 spiro atoms. The van der Waals surface area contributed by atoms with Gasteiger partial charge in [0.2, 0.25) is 0 Å². The van der Waals surface area contributed by atoms with Crippen molar-refractivity contribution in [3.8, 4) is 17.2 Å². The minimum Gasteiger partial charge on any atom is -0.507 e. The average Bonchev–Trinajstić information content (AvgIpc) is 2.50. The van der Waals surface area contributed by atoms with Crippen molar-refractivity contribution in [1.82, 2.24) is 5.32 Å². The molecule has 0 saturated carbocycles. The predicted octanol–water partition coefficient (Wildman–Crippen LogP) is 2.23. The molecule has 94 valence electrons. The first-order valence-electron chi connectivity index (χ1n) is 6.06. The second kappa shape index (κ2) is 4.84. The Morgan fingerprint density at radius 3 is 2.88 bits per heavy atom. The normalized spacial score (nSPS) is 19.3. The number of aromatic hydroxyl groups is 2. The molecule has 0 aliphatic carbocycles. The zero-order valence-electron chi connectivity index (χ0n) is 10.3. The van der Waals surface area contributed by atoms with Crippen LogP contribution in [0, 0.1) is 6.92 Å². The van der Waals surface area contributed by atoms with E-state index >= 15 is 0 Å². The number of ether oxygens (including phenoxy) is 1. The van der Waals surface area contributed by atoms with Crippen LogP contribution in [-0.2, 0) is 0 Å². The Kier molecular flexibility index (Phi) is 3.43. The fourth-order valence-corrected chi connectivity index (χ4v) is 2.30. The van der Waals surface area contributed by atoms with Gasteiger partial charge in [0.1, 0.15) is 23.9 Å². The SMILES string of the molecule is CCCC1NCCOc2c(C)c(O)cc(O)c21. The standard InChI is InChI=1S/C13H19NO3/c1-3-4-9-12-11(16)7-10(15)8(2)13(12)17-6-5-14-9/h7,9,14-16H,3-6H2,1-2H3. The third kappa shape index (κ3) is 2.17. The molecule has 0 amide bonds. The number of fused-ring (bicyclic) bond motifs is 1. The lowest BCUT2D eigenvalue weighted by Crippen LogP contribution is -2.22. The van der Waals surface area contributed by atoms with Gasteiger partial charge in [-0.1, -0.05) is 13.3 Å². The minimum atomic E-state index is 0.0819. The predicted molar refractivity (Wildman–Crippen MR) is 65.7 cm³/mol. The van der Waals surface area contributed by atoms with E-state index in [2.05, 4.69) is 12.2 Å². The van der Waals surface area contributed by atoms with Gasteiger partial charge in [-0.3, -0.25) is 0 Å². The van der Waals surface area contributed by atoms with Gasteiger partial charge in [0, 0.05) is 24.2 Å². The monoisotopic (exact) mass is 237 g/mol. The molecule has 0 saturated heterocycles. The first kappa shape index (κ1) is 12.0. The van der Waals surface area contributed by atoms with E-state index in [0.29, 0.717) is 17.9 Å². The summed E-state index contributed by atoms with van der Waals surface area (Å²) < 4.78 is 5.63. The number of phenolic OH excluding ortho intramolecular Hbond substituents is 2. The number of phenols is 2. The number of rotatable bonds is 2. The largest absolute Gasteiger partial charge is 0.507 e. The smallest absolute Gasteiger partial charge is 0.134 e. The van der Waals surface area contributed by atoms with Crippen LogP contribution in [0.15, 0.2) is 6.07 Å². The van der Waals surface area contributed by atoms with Crippen molar-refractivity contribution < 1.29 is 14.9 Å². The van der Waals surface area contributed by atoms with E-state index in [-0.39, 0.29) is 17.5 Å². The molecule has 1 aromatic carbocycles. The van der Waals surface area contributed by atoms with Crippen LogP contribution in [0.25, 0.3) is 0 Å². The second-order valence-corrected chi connectivity index (χ2v) is 4.43. The Labute approximate surface area is 101 Å². The van der Waals surface area contributed by atoms with Crippen LogP contribution >= 0.6 is 0 Å². The van der Waals surface area contributed by atoms with Crippen molar-refractivity contribution in [2.75, 3.05) is 13.2 Å². The Morgan fingerprint density at radius 1 is 1.41 bits per heavy atom. The van der Waals surface area contributed by atoms with Crippen LogP contribution in [0.1, 0.15) is 36.9 Å². The highest BCUT2D eigenvalue weighted by Gasteiger charge is 2.25. The van der Waals surface area contributed by atoms with Crippen LogP contribution < -0.4 is 10.1 Å². The lowest BCUT2D eigenvalue weighted by atomic mass is 9.97. The summed E-state index contributed by atoms with van der Waals surface area (Å²) in [5.74, 6) is 0.820. The van der Waals surface area contributed by atoms with Gasteiger partial charge in [-0.05, 0) is 13.3 Å².